The highest BCUT2D eigenvalue weighted by Gasteiger charge is 2.39. The van der Waals surface area contributed by atoms with Crippen molar-refractivity contribution < 1.29 is 13.2 Å². The van der Waals surface area contributed by atoms with Gasteiger partial charge in [0.2, 0.25) is 5.82 Å². The Morgan fingerprint density at radius 2 is 2.06 bits per heavy atom. The van der Waals surface area contributed by atoms with E-state index < -0.39 is 12.0 Å². The maximum Gasteiger partial charge on any atom is 0.451 e. The normalized spacial score (nSPS) is 16.9. The Morgan fingerprint density at radius 1 is 1.28 bits per heavy atom. The van der Waals surface area contributed by atoms with Gasteiger partial charge in [-0.25, -0.2) is 0 Å². The Bertz CT molecular complexity index is 401. The molecule has 0 radical (unpaired) electrons. The van der Waals surface area contributed by atoms with Gasteiger partial charge in [0.1, 0.15) is 5.82 Å². The number of rotatable bonds is 4. The quantitative estimate of drug-likeness (QED) is 0.813. The minimum atomic E-state index is -4.42. The smallest absolute Gasteiger partial charge is 0.316 e. The van der Waals surface area contributed by atoms with Crippen molar-refractivity contribution in [2.45, 2.75) is 26.2 Å². The monoisotopic (exact) mass is 263 g/mol. The van der Waals surface area contributed by atoms with E-state index >= 15 is 0 Å². The molecule has 0 saturated heterocycles. The molecule has 18 heavy (non-hydrogen) atoms. The Labute approximate surface area is 103 Å². The first-order valence-corrected chi connectivity index (χ1v) is 5.94. The molecular formula is C10H16F3N5. The fourth-order valence-corrected chi connectivity index (χ4v) is 2.02. The van der Waals surface area contributed by atoms with Crippen LogP contribution in [0.5, 0.6) is 0 Å². The Hall–Kier alpha value is -1.15. The lowest BCUT2D eigenvalue weighted by Crippen LogP contribution is -2.39. The van der Waals surface area contributed by atoms with E-state index in [1.54, 1.807) is 0 Å². The average molecular weight is 263 g/mol. The molecule has 1 aliphatic rings. The highest BCUT2D eigenvalue weighted by molar-refractivity contribution is 5.02. The number of halogens is 3. The number of likely N-dealkylation sites (N-methyl/N-ethyl adjacent to an activating group) is 1. The standard InChI is InChI=1S/C10H16F3N5/c1-2-14-3-4-17-5-6-18-8(7-17)15-16-9(18)10(11,12)13/h14H,2-7H2,1H3. The largest absolute Gasteiger partial charge is 0.451 e. The number of hydrogen-bond donors (Lipinski definition) is 1. The third kappa shape index (κ3) is 2.81. The molecule has 2 rings (SSSR count). The van der Waals surface area contributed by atoms with Crippen LogP contribution in [-0.2, 0) is 19.3 Å². The SMILES string of the molecule is CCNCCN1CCn2c(nnc2C(F)(F)F)C1. The first kappa shape index (κ1) is 13.3. The molecule has 5 nitrogen and oxygen atoms in total. The van der Waals surface area contributed by atoms with E-state index in [1.165, 1.54) is 4.57 Å². The van der Waals surface area contributed by atoms with Gasteiger partial charge in [0.25, 0.3) is 0 Å². The highest BCUT2D eigenvalue weighted by Crippen LogP contribution is 2.29. The second kappa shape index (κ2) is 5.23. The third-order valence-electron chi connectivity index (χ3n) is 2.94. The van der Waals surface area contributed by atoms with Crippen LogP contribution in [-0.4, -0.2) is 45.8 Å². The maximum absolute atomic E-state index is 12.6. The molecule has 2 heterocycles. The molecule has 102 valence electrons. The van der Waals surface area contributed by atoms with E-state index in [-0.39, 0.29) is 0 Å². The van der Waals surface area contributed by atoms with E-state index in [2.05, 4.69) is 20.4 Å². The topological polar surface area (TPSA) is 46.0 Å². The summed E-state index contributed by atoms with van der Waals surface area (Å²) in [6.45, 7) is 5.86. The van der Waals surface area contributed by atoms with Gasteiger partial charge in [0.15, 0.2) is 0 Å². The minimum absolute atomic E-state index is 0.295. The summed E-state index contributed by atoms with van der Waals surface area (Å²) in [5, 5.41) is 10.1. The van der Waals surface area contributed by atoms with Crippen LogP contribution in [0.25, 0.3) is 0 Å². The van der Waals surface area contributed by atoms with Crippen molar-refractivity contribution in [2.75, 3.05) is 26.2 Å². The molecular weight excluding hydrogens is 247 g/mol. The molecule has 0 aromatic carbocycles. The highest BCUT2D eigenvalue weighted by atomic mass is 19.4. The predicted molar refractivity (Wildman–Crippen MR) is 58.8 cm³/mol. The van der Waals surface area contributed by atoms with Gasteiger partial charge in [-0.05, 0) is 6.54 Å². The van der Waals surface area contributed by atoms with Crippen LogP contribution in [0.2, 0.25) is 0 Å². The first-order chi connectivity index (χ1) is 8.52. The van der Waals surface area contributed by atoms with Gasteiger partial charge in [0.05, 0.1) is 6.54 Å². The molecule has 0 aliphatic carbocycles. The summed E-state index contributed by atoms with van der Waals surface area (Å²) in [6, 6.07) is 0. The summed E-state index contributed by atoms with van der Waals surface area (Å²) < 4.78 is 39.0. The Morgan fingerprint density at radius 3 is 2.72 bits per heavy atom. The van der Waals surface area contributed by atoms with Gasteiger partial charge in [0, 0.05) is 26.2 Å². The van der Waals surface area contributed by atoms with E-state index in [0.717, 1.165) is 19.6 Å². The van der Waals surface area contributed by atoms with Crippen LogP contribution < -0.4 is 5.32 Å². The van der Waals surface area contributed by atoms with Crippen molar-refractivity contribution >= 4 is 0 Å². The van der Waals surface area contributed by atoms with Crippen molar-refractivity contribution in [3.05, 3.63) is 11.6 Å². The van der Waals surface area contributed by atoms with Crippen molar-refractivity contribution in [1.82, 2.24) is 25.0 Å². The van der Waals surface area contributed by atoms with Gasteiger partial charge >= 0.3 is 6.18 Å². The molecule has 0 fully saturated rings. The van der Waals surface area contributed by atoms with Gasteiger partial charge in [-0.2, -0.15) is 13.2 Å². The number of hydrogen-bond acceptors (Lipinski definition) is 4. The number of nitrogens with one attached hydrogen (secondary N) is 1. The number of nitrogens with zero attached hydrogens (tertiary/aromatic N) is 4. The minimum Gasteiger partial charge on any atom is -0.316 e. The zero-order valence-electron chi connectivity index (χ0n) is 10.2. The molecule has 0 bridgehead atoms. The van der Waals surface area contributed by atoms with Gasteiger partial charge in [-0.1, -0.05) is 6.92 Å². The van der Waals surface area contributed by atoms with Crippen molar-refractivity contribution in [3.63, 3.8) is 0 Å². The molecule has 0 amide bonds. The summed E-state index contributed by atoms with van der Waals surface area (Å²) in [6.07, 6.45) is -4.42. The molecule has 1 N–H and O–H groups in total. The molecule has 0 spiro atoms. The van der Waals surface area contributed by atoms with Gasteiger partial charge in [-0.15, -0.1) is 10.2 Å². The van der Waals surface area contributed by atoms with Crippen LogP contribution >= 0.6 is 0 Å². The van der Waals surface area contributed by atoms with Crippen LogP contribution in [0, 0.1) is 0 Å². The van der Waals surface area contributed by atoms with Gasteiger partial charge < -0.3 is 9.88 Å². The van der Waals surface area contributed by atoms with E-state index in [9.17, 15) is 13.2 Å². The average Bonchev–Trinajstić information content (AvgIpc) is 2.72. The summed E-state index contributed by atoms with van der Waals surface area (Å²) in [5.74, 6) is -0.492. The Balaban J connectivity index is 2.01. The molecule has 1 aromatic heterocycles. The van der Waals surface area contributed by atoms with Crippen molar-refractivity contribution in [1.29, 1.82) is 0 Å². The predicted octanol–water partition coefficient (Wildman–Crippen LogP) is 0.722. The summed E-state index contributed by atoms with van der Waals surface area (Å²) >= 11 is 0. The van der Waals surface area contributed by atoms with Gasteiger partial charge in [-0.3, -0.25) is 4.90 Å². The van der Waals surface area contributed by atoms with Crippen LogP contribution in [0.4, 0.5) is 13.2 Å². The molecule has 0 saturated carbocycles. The fourth-order valence-electron chi connectivity index (χ4n) is 2.02. The molecule has 0 atom stereocenters. The lowest BCUT2D eigenvalue weighted by molar-refractivity contribution is -0.148. The van der Waals surface area contributed by atoms with Crippen LogP contribution in [0.15, 0.2) is 0 Å². The Kier molecular flexibility index (Phi) is 3.86. The van der Waals surface area contributed by atoms with Crippen molar-refractivity contribution in [3.8, 4) is 0 Å². The number of fused-ring (bicyclic) bond motifs is 1. The maximum atomic E-state index is 12.6. The second-order valence-electron chi connectivity index (χ2n) is 4.22. The van der Waals surface area contributed by atoms with Crippen molar-refractivity contribution in [2.24, 2.45) is 0 Å². The zero-order valence-corrected chi connectivity index (χ0v) is 10.2. The first-order valence-electron chi connectivity index (χ1n) is 5.94. The number of alkyl halides is 3. The van der Waals surface area contributed by atoms with E-state index in [4.69, 9.17) is 0 Å². The van der Waals surface area contributed by atoms with E-state index in [0.29, 0.717) is 25.5 Å². The molecule has 8 heteroatoms. The molecule has 0 unspecified atom stereocenters. The fraction of sp³-hybridized carbons (Fsp3) is 0.800. The van der Waals surface area contributed by atoms with E-state index in [1.807, 2.05) is 6.92 Å². The molecule has 1 aromatic rings. The lowest BCUT2D eigenvalue weighted by Gasteiger charge is -2.27. The van der Waals surface area contributed by atoms with Crippen LogP contribution in [0.3, 0.4) is 0 Å². The number of aromatic nitrogens is 3. The lowest BCUT2D eigenvalue weighted by atomic mass is 10.3. The summed E-state index contributed by atoms with van der Waals surface area (Å²) in [4.78, 5) is 2.08. The second-order valence-corrected chi connectivity index (χ2v) is 4.22. The third-order valence-corrected chi connectivity index (χ3v) is 2.94. The van der Waals surface area contributed by atoms with Crippen LogP contribution in [0.1, 0.15) is 18.6 Å². The summed E-state index contributed by atoms with van der Waals surface area (Å²) in [7, 11) is 0. The zero-order chi connectivity index (χ0) is 13.2. The summed E-state index contributed by atoms with van der Waals surface area (Å²) in [5.41, 5.74) is 0. The molecule has 1 aliphatic heterocycles.